The molecule has 0 aromatic carbocycles. The second-order valence-electron chi connectivity index (χ2n) is 4.00. The van der Waals surface area contributed by atoms with Gasteiger partial charge in [0.05, 0.1) is 6.61 Å². The van der Waals surface area contributed by atoms with Gasteiger partial charge in [-0.05, 0) is 13.0 Å². The van der Waals surface area contributed by atoms with Crippen LogP contribution in [0, 0.1) is 6.92 Å². The zero-order valence-electron chi connectivity index (χ0n) is 11.3. The molecular formula is C13H15N3O4. The van der Waals surface area contributed by atoms with Gasteiger partial charge in [0.25, 0.3) is 5.91 Å². The highest BCUT2D eigenvalue weighted by atomic mass is 16.5. The molecule has 0 bridgehead atoms. The summed E-state index contributed by atoms with van der Waals surface area (Å²) < 4.78 is 15.1. The molecule has 1 N–H and O–H groups in total. The van der Waals surface area contributed by atoms with E-state index in [0.29, 0.717) is 36.2 Å². The molecule has 106 valence electrons. The number of rotatable bonds is 6. The second kappa shape index (κ2) is 6.67. The first-order valence-electron chi connectivity index (χ1n) is 6.01. The van der Waals surface area contributed by atoms with Crippen molar-refractivity contribution < 1.29 is 18.8 Å². The number of carbonyl (C=O) groups excluding carboxylic acids is 1. The lowest BCUT2D eigenvalue weighted by molar-refractivity contribution is 0.102. The number of anilines is 1. The molecule has 0 fully saturated rings. The lowest BCUT2D eigenvalue weighted by Crippen LogP contribution is -2.13. The number of pyridine rings is 1. The van der Waals surface area contributed by atoms with Crippen LogP contribution in [0.25, 0.3) is 0 Å². The number of aryl methyl sites for hydroxylation is 1. The van der Waals surface area contributed by atoms with Crippen molar-refractivity contribution in [2.24, 2.45) is 0 Å². The quantitative estimate of drug-likeness (QED) is 0.808. The summed E-state index contributed by atoms with van der Waals surface area (Å²) in [6.45, 7) is 2.57. The number of amides is 1. The van der Waals surface area contributed by atoms with Crippen LogP contribution < -0.4 is 10.1 Å². The molecule has 2 heterocycles. The first kappa shape index (κ1) is 14.0. The standard InChI is InChI=1S/C13H15N3O4/c1-9-7-11(16-20-9)15-13(17)10-3-4-14-12(8-10)19-6-5-18-2/h3-4,7-8H,5-6H2,1-2H3,(H,15,16,17). The van der Waals surface area contributed by atoms with E-state index in [1.54, 1.807) is 32.2 Å². The topological polar surface area (TPSA) is 86.5 Å². The maximum absolute atomic E-state index is 12.0. The fourth-order valence-electron chi connectivity index (χ4n) is 1.47. The highest BCUT2D eigenvalue weighted by molar-refractivity contribution is 6.03. The van der Waals surface area contributed by atoms with Gasteiger partial charge in [-0.15, -0.1) is 0 Å². The van der Waals surface area contributed by atoms with E-state index in [-0.39, 0.29) is 5.91 Å². The van der Waals surface area contributed by atoms with E-state index in [4.69, 9.17) is 14.0 Å². The van der Waals surface area contributed by atoms with Crippen molar-refractivity contribution in [1.82, 2.24) is 10.1 Å². The average molecular weight is 277 g/mol. The van der Waals surface area contributed by atoms with Crippen molar-refractivity contribution >= 4 is 11.7 Å². The van der Waals surface area contributed by atoms with Crippen LogP contribution in [0.2, 0.25) is 0 Å². The first-order valence-corrected chi connectivity index (χ1v) is 6.01. The molecule has 0 unspecified atom stereocenters. The molecule has 2 aromatic rings. The van der Waals surface area contributed by atoms with E-state index >= 15 is 0 Å². The molecule has 0 saturated heterocycles. The van der Waals surface area contributed by atoms with Crippen molar-refractivity contribution in [2.45, 2.75) is 6.92 Å². The minimum absolute atomic E-state index is 0.308. The molecule has 0 radical (unpaired) electrons. The molecule has 2 aromatic heterocycles. The summed E-state index contributed by atoms with van der Waals surface area (Å²) in [6.07, 6.45) is 1.51. The molecule has 1 amide bonds. The van der Waals surface area contributed by atoms with Crippen LogP contribution >= 0.6 is 0 Å². The smallest absolute Gasteiger partial charge is 0.257 e. The number of ether oxygens (including phenoxy) is 2. The number of nitrogens with zero attached hydrogens (tertiary/aromatic N) is 2. The molecule has 0 aliphatic heterocycles. The number of nitrogens with one attached hydrogen (secondary N) is 1. The molecule has 0 saturated carbocycles. The molecular weight excluding hydrogens is 262 g/mol. The summed E-state index contributed by atoms with van der Waals surface area (Å²) in [4.78, 5) is 16.0. The van der Waals surface area contributed by atoms with Gasteiger partial charge >= 0.3 is 0 Å². The molecule has 2 rings (SSSR count). The Bertz CT molecular complexity index is 583. The van der Waals surface area contributed by atoms with E-state index in [2.05, 4.69) is 15.5 Å². The minimum atomic E-state index is -0.308. The Balaban J connectivity index is 2.00. The largest absolute Gasteiger partial charge is 0.475 e. The van der Waals surface area contributed by atoms with Crippen molar-refractivity contribution in [3.63, 3.8) is 0 Å². The van der Waals surface area contributed by atoms with Crippen molar-refractivity contribution in [3.8, 4) is 5.88 Å². The van der Waals surface area contributed by atoms with Gasteiger partial charge in [0.1, 0.15) is 12.4 Å². The van der Waals surface area contributed by atoms with E-state index < -0.39 is 0 Å². The summed E-state index contributed by atoms with van der Waals surface area (Å²) >= 11 is 0. The van der Waals surface area contributed by atoms with E-state index in [9.17, 15) is 4.79 Å². The van der Waals surface area contributed by atoms with Crippen LogP contribution in [0.15, 0.2) is 28.9 Å². The zero-order chi connectivity index (χ0) is 14.4. The average Bonchev–Trinajstić information content (AvgIpc) is 2.85. The fraction of sp³-hybridized carbons (Fsp3) is 0.308. The fourth-order valence-corrected chi connectivity index (χ4v) is 1.47. The van der Waals surface area contributed by atoms with Crippen LogP contribution in [-0.4, -0.2) is 36.4 Å². The van der Waals surface area contributed by atoms with Gasteiger partial charge in [-0.1, -0.05) is 5.16 Å². The SMILES string of the molecule is COCCOc1cc(C(=O)Nc2cc(C)on2)ccn1. The highest BCUT2D eigenvalue weighted by Crippen LogP contribution is 2.12. The Morgan fingerprint density at radius 1 is 1.40 bits per heavy atom. The molecule has 7 nitrogen and oxygen atoms in total. The van der Waals surface area contributed by atoms with Gasteiger partial charge in [0.2, 0.25) is 5.88 Å². The molecule has 0 atom stereocenters. The van der Waals surface area contributed by atoms with Gasteiger partial charge in [-0.3, -0.25) is 4.79 Å². The second-order valence-corrected chi connectivity index (χ2v) is 4.00. The predicted molar refractivity (Wildman–Crippen MR) is 70.8 cm³/mol. The summed E-state index contributed by atoms with van der Waals surface area (Å²) in [6, 6.07) is 4.78. The number of hydrogen-bond acceptors (Lipinski definition) is 6. The van der Waals surface area contributed by atoms with Crippen molar-refractivity contribution in [2.75, 3.05) is 25.6 Å². The Labute approximate surface area is 115 Å². The third-order valence-corrected chi connectivity index (χ3v) is 2.40. The summed E-state index contributed by atoms with van der Waals surface area (Å²) in [5.74, 6) is 1.05. The van der Waals surface area contributed by atoms with Crippen molar-refractivity contribution in [3.05, 3.63) is 35.7 Å². The van der Waals surface area contributed by atoms with Gasteiger partial charge in [-0.2, -0.15) is 0 Å². The van der Waals surface area contributed by atoms with Gasteiger partial charge in [0, 0.05) is 31.0 Å². The van der Waals surface area contributed by atoms with E-state index in [0.717, 1.165) is 0 Å². The summed E-state index contributed by atoms with van der Waals surface area (Å²) in [7, 11) is 1.58. The number of methoxy groups -OCH3 is 1. The highest BCUT2D eigenvalue weighted by Gasteiger charge is 2.10. The summed E-state index contributed by atoms with van der Waals surface area (Å²) in [5, 5.41) is 6.32. The maximum atomic E-state index is 12.0. The monoisotopic (exact) mass is 277 g/mol. The molecule has 20 heavy (non-hydrogen) atoms. The normalized spacial score (nSPS) is 10.3. The molecule has 7 heteroatoms. The first-order chi connectivity index (χ1) is 9.69. The maximum Gasteiger partial charge on any atom is 0.257 e. The van der Waals surface area contributed by atoms with Gasteiger partial charge in [-0.25, -0.2) is 4.98 Å². The Kier molecular flexibility index (Phi) is 4.67. The number of aromatic nitrogens is 2. The van der Waals surface area contributed by atoms with E-state index in [1.807, 2.05) is 0 Å². The number of hydrogen-bond donors (Lipinski definition) is 1. The van der Waals surface area contributed by atoms with Crippen LogP contribution in [-0.2, 0) is 4.74 Å². The third-order valence-electron chi connectivity index (χ3n) is 2.40. The predicted octanol–water partition coefficient (Wildman–Crippen LogP) is 1.66. The van der Waals surface area contributed by atoms with Crippen LogP contribution in [0.5, 0.6) is 5.88 Å². The van der Waals surface area contributed by atoms with Crippen LogP contribution in [0.3, 0.4) is 0 Å². The third kappa shape index (κ3) is 3.79. The summed E-state index contributed by atoms with van der Waals surface area (Å²) in [5.41, 5.74) is 0.424. The Morgan fingerprint density at radius 3 is 2.95 bits per heavy atom. The van der Waals surface area contributed by atoms with Gasteiger partial charge in [0.15, 0.2) is 5.82 Å². The van der Waals surface area contributed by atoms with Crippen LogP contribution in [0.4, 0.5) is 5.82 Å². The molecule has 0 spiro atoms. The molecule has 0 aliphatic carbocycles. The lowest BCUT2D eigenvalue weighted by Gasteiger charge is -2.06. The minimum Gasteiger partial charge on any atom is -0.475 e. The molecule has 0 aliphatic rings. The zero-order valence-corrected chi connectivity index (χ0v) is 11.3. The van der Waals surface area contributed by atoms with Crippen molar-refractivity contribution in [1.29, 1.82) is 0 Å². The van der Waals surface area contributed by atoms with Gasteiger partial charge < -0.3 is 19.3 Å². The lowest BCUT2D eigenvalue weighted by atomic mass is 10.2. The van der Waals surface area contributed by atoms with Crippen LogP contribution in [0.1, 0.15) is 16.1 Å². The van der Waals surface area contributed by atoms with E-state index in [1.165, 1.54) is 6.20 Å². The Morgan fingerprint density at radius 2 is 2.25 bits per heavy atom. The number of carbonyl (C=O) groups is 1. The Hall–Kier alpha value is -2.41.